The van der Waals surface area contributed by atoms with Gasteiger partial charge in [-0.05, 0) is 35.7 Å². The van der Waals surface area contributed by atoms with Gasteiger partial charge in [0.15, 0.2) is 5.96 Å². The number of rotatable bonds is 5. The van der Waals surface area contributed by atoms with Crippen molar-refractivity contribution in [1.29, 1.82) is 0 Å². The summed E-state index contributed by atoms with van der Waals surface area (Å²) in [6, 6.07) is 14.3. The molecule has 0 aromatic heterocycles. The van der Waals surface area contributed by atoms with Crippen molar-refractivity contribution in [3.8, 4) is 0 Å². The van der Waals surface area contributed by atoms with E-state index >= 15 is 0 Å². The molecule has 0 atom stereocenters. The van der Waals surface area contributed by atoms with Crippen LogP contribution in [0.5, 0.6) is 0 Å². The lowest BCUT2D eigenvalue weighted by Crippen LogP contribution is -2.37. The van der Waals surface area contributed by atoms with Crippen molar-refractivity contribution < 1.29 is 4.39 Å². The Balaban J connectivity index is 1.79. The van der Waals surface area contributed by atoms with E-state index in [1.165, 1.54) is 6.07 Å². The minimum Gasteiger partial charge on any atom is -0.356 e. The van der Waals surface area contributed by atoms with Gasteiger partial charge in [0.05, 0.1) is 0 Å². The minimum atomic E-state index is -0.210. The van der Waals surface area contributed by atoms with Gasteiger partial charge in [0.1, 0.15) is 5.82 Å². The molecular weight excluding hydrogens is 301 g/mol. The number of hydrogen-bond acceptors (Lipinski definition) is 1. The third-order valence-corrected chi connectivity index (χ3v) is 3.59. The van der Waals surface area contributed by atoms with Gasteiger partial charge >= 0.3 is 0 Å². The van der Waals surface area contributed by atoms with Gasteiger partial charge in [-0.3, -0.25) is 4.99 Å². The molecule has 0 aliphatic rings. The van der Waals surface area contributed by atoms with Crippen LogP contribution in [0.4, 0.5) is 4.39 Å². The van der Waals surface area contributed by atoms with Gasteiger partial charge < -0.3 is 10.6 Å². The van der Waals surface area contributed by atoms with E-state index in [0.29, 0.717) is 19.0 Å². The lowest BCUT2D eigenvalue weighted by atomic mass is 10.1. The molecule has 0 fully saturated rings. The Morgan fingerprint density at radius 1 is 1.14 bits per heavy atom. The average Bonchev–Trinajstić information content (AvgIpc) is 2.52. The van der Waals surface area contributed by atoms with Crippen LogP contribution in [0.15, 0.2) is 53.5 Å². The smallest absolute Gasteiger partial charge is 0.191 e. The van der Waals surface area contributed by atoms with Crippen LogP contribution in [0.2, 0.25) is 5.02 Å². The Bertz CT molecular complexity index is 643. The van der Waals surface area contributed by atoms with Crippen molar-refractivity contribution in [3.63, 3.8) is 0 Å². The van der Waals surface area contributed by atoms with Crippen molar-refractivity contribution in [2.24, 2.45) is 4.99 Å². The average molecular weight is 320 g/mol. The van der Waals surface area contributed by atoms with Crippen LogP contribution in [-0.4, -0.2) is 19.6 Å². The number of halogens is 2. The first-order chi connectivity index (χ1) is 10.7. The molecule has 0 saturated heterocycles. The highest BCUT2D eigenvalue weighted by Gasteiger charge is 2.02. The molecular formula is C17H19ClFN3. The van der Waals surface area contributed by atoms with Crippen LogP contribution in [0, 0.1) is 5.82 Å². The summed E-state index contributed by atoms with van der Waals surface area (Å²) in [6.07, 6.45) is 0.727. The summed E-state index contributed by atoms with van der Waals surface area (Å²) in [5.41, 5.74) is 1.96. The van der Waals surface area contributed by atoms with Gasteiger partial charge in [-0.1, -0.05) is 41.9 Å². The van der Waals surface area contributed by atoms with Crippen LogP contribution < -0.4 is 10.6 Å². The highest BCUT2D eigenvalue weighted by atomic mass is 35.5. The molecule has 0 saturated carbocycles. The number of benzene rings is 2. The highest BCUT2D eigenvalue weighted by Crippen LogP contribution is 2.14. The summed E-state index contributed by atoms with van der Waals surface area (Å²) in [4.78, 5) is 4.16. The van der Waals surface area contributed by atoms with Crippen LogP contribution in [0.25, 0.3) is 0 Å². The van der Waals surface area contributed by atoms with Crippen LogP contribution in [0.1, 0.15) is 11.1 Å². The Morgan fingerprint density at radius 3 is 2.68 bits per heavy atom. The van der Waals surface area contributed by atoms with Crippen LogP contribution in [0.3, 0.4) is 0 Å². The summed E-state index contributed by atoms with van der Waals surface area (Å²) >= 11 is 6.11. The van der Waals surface area contributed by atoms with Gasteiger partial charge in [0.2, 0.25) is 0 Å². The standard InChI is InChI=1S/C17H19ClFN3/c1-20-17(22-12-14-6-2-3-8-16(14)18)21-10-9-13-5-4-7-15(19)11-13/h2-8,11H,9-10,12H2,1H3,(H2,20,21,22). The second-order valence-electron chi connectivity index (χ2n) is 4.82. The van der Waals surface area contributed by atoms with E-state index in [9.17, 15) is 4.39 Å². The number of nitrogens with one attached hydrogen (secondary N) is 2. The van der Waals surface area contributed by atoms with E-state index in [4.69, 9.17) is 11.6 Å². The maximum atomic E-state index is 13.1. The van der Waals surface area contributed by atoms with E-state index in [-0.39, 0.29) is 5.82 Å². The molecule has 5 heteroatoms. The molecule has 2 aromatic carbocycles. The third-order valence-electron chi connectivity index (χ3n) is 3.22. The van der Waals surface area contributed by atoms with Crippen LogP contribution in [-0.2, 0) is 13.0 Å². The Morgan fingerprint density at radius 2 is 1.95 bits per heavy atom. The molecule has 0 radical (unpaired) electrons. The zero-order valence-corrected chi connectivity index (χ0v) is 13.2. The molecule has 0 bridgehead atoms. The molecule has 0 amide bonds. The van der Waals surface area contributed by atoms with Gasteiger partial charge in [0.25, 0.3) is 0 Å². The van der Waals surface area contributed by atoms with Crippen molar-refractivity contribution in [2.75, 3.05) is 13.6 Å². The monoisotopic (exact) mass is 319 g/mol. The molecule has 0 aliphatic carbocycles. The normalized spacial score (nSPS) is 11.3. The minimum absolute atomic E-state index is 0.210. The fraction of sp³-hybridized carbons (Fsp3) is 0.235. The highest BCUT2D eigenvalue weighted by molar-refractivity contribution is 6.31. The molecule has 3 nitrogen and oxygen atoms in total. The van der Waals surface area contributed by atoms with Gasteiger partial charge in [-0.25, -0.2) is 4.39 Å². The number of guanidine groups is 1. The zero-order chi connectivity index (χ0) is 15.8. The number of hydrogen-bond donors (Lipinski definition) is 2. The molecule has 0 unspecified atom stereocenters. The van der Waals surface area contributed by atoms with Gasteiger partial charge in [0, 0.05) is 25.2 Å². The second-order valence-corrected chi connectivity index (χ2v) is 5.23. The molecule has 2 N–H and O–H groups in total. The molecule has 2 aromatic rings. The van der Waals surface area contributed by atoms with Crippen molar-refractivity contribution >= 4 is 17.6 Å². The summed E-state index contributed by atoms with van der Waals surface area (Å²) < 4.78 is 13.1. The Labute approximate surface area is 135 Å². The van der Waals surface area contributed by atoms with Gasteiger partial charge in [-0.2, -0.15) is 0 Å². The zero-order valence-electron chi connectivity index (χ0n) is 12.4. The number of nitrogens with zero attached hydrogens (tertiary/aromatic N) is 1. The number of aliphatic imine (C=N–C) groups is 1. The summed E-state index contributed by atoms with van der Waals surface area (Å²) in [7, 11) is 1.71. The van der Waals surface area contributed by atoms with E-state index in [2.05, 4.69) is 15.6 Å². The fourth-order valence-electron chi connectivity index (χ4n) is 2.06. The Kier molecular flexibility index (Phi) is 6.22. The Hall–Kier alpha value is -2.07. The van der Waals surface area contributed by atoms with Gasteiger partial charge in [-0.15, -0.1) is 0 Å². The van der Waals surface area contributed by atoms with Crippen LogP contribution >= 0.6 is 11.6 Å². The van der Waals surface area contributed by atoms with E-state index in [0.717, 1.165) is 22.6 Å². The summed E-state index contributed by atoms with van der Waals surface area (Å²) in [5, 5.41) is 7.13. The lowest BCUT2D eigenvalue weighted by molar-refractivity contribution is 0.625. The fourth-order valence-corrected chi connectivity index (χ4v) is 2.26. The lowest BCUT2D eigenvalue weighted by Gasteiger charge is -2.12. The van der Waals surface area contributed by atoms with Crippen molar-refractivity contribution in [3.05, 3.63) is 70.5 Å². The molecule has 0 spiro atoms. The largest absolute Gasteiger partial charge is 0.356 e. The SMILES string of the molecule is CN=C(NCCc1cccc(F)c1)NCc1ccccc1Cl. The summed E-state index contributed by atoms with van der Waals surface area (Å²) in [5.74, 6) is 0.482. The molecule has 0 aliphatic heterocycles. The van der Waals surface area contributed by atoms with E-state index in [1.807, 2.05) is 30.3 Å². The molecule has 116 valence electrons. The summed E-state index contributed by atoms with van der Waals surface area (Å²) in [6.45, 7) is 1.27. The van der Waals surface area contributed by atoms with Crippen molar-refractivity contribution in [1.82, 2.24) is 10.6 Å². The van der Waals surface area contributed by atoms with E-state index < -0.39 is 0 Å². The predicted octanol–water partition coefficient (Wildman–Crippen LogP) is 3.39. The van der Waals surface area contributed by atoms with E-state index in [1.54, 1.807) is 19.2 Å². The first-order valence-electron chi connectivity index (χ1n) is 7.11. The predicted molar refractivity (Wildman–Crippen MR) is 89.8 cm³/mol. The quantitative estimate of drug-likeness (QED) is 0.654. The first-order valence-corrected chi connectivity index (χ1v) is 7.49. The molecule has 0 heterocycles. The molecule has 22 heavy (non-hydrogen) atoms. The second kappa shape index (κ2) is 8.39. The maximum Gasteiger partial charge on any atom is 0.191 e. The maximum absolute atomic E-state index is 13.1. The molecule has 2 rings (SSSR count). The van der Waals surface area contributed by atoms with Crippen molar-refractivity contribution in [2.45, 2.75) is 13.0 Å². The third kappa shape index (κ3) is 5.04. The topological polar surface area (TPSA) is 36.4 Å². The first kappa shape index (κ1) is 16.3.